The highest BCUT2D eigenvalue weighted by molar-refractivity contribution is 5.07. The molecule has 1 fully saturated rings. The molecule has 0 spiro atoms. The second kappa shape index (κ2) is 4.30. The molecule has 1 aromatic heterocycles. The van der Waals surface area contributed by atoms with Gasteiger partial charge in [-0.05, 0) is 19.4 Å². The van der Waals surface area contributed by atoms with Crippen LogP contribution in [0.2, 0.25) is 0 Å². The first kappa shape index (κ1) is 10.6. The highest BCUT2D eigenvalue weighted by atomic mass is 16.5. The van der Waals surface area contributed by atoms with Crippen LogP contribution in [-0.2, 0) is 11.8 Å². The van der Waals surface area contributed by atoms with E-state index in [-0.39, 0.29) is 6.04 Å². The summed E-state index contributed by atoms with van der Waals surface area (Å²) in [5, 5.41) is 4.37. The van der Waals surface area contributed by atoms with Crippen LogP contribution in [0.5, 0.6) is 0 Å². The van der Waals surface area contributed by atoms with Gasteiger partial charge in [0.25, 0.3) is 0 Å². The van der Waals surface area contributed by atoms with Gasteiger partial charge in [-0.25, -0.2) is 0 Å². The zero-order valence-electron chi connectivity index (χ0n) is 9.18. The third kappa shape index (κ3) is 2.19. The molecule has 15 heavy (non-hydrogen) atoms. The van der Waals surface area contributed by atoms with Crippen molar-refractivity contribution in [1.82, 2.24) is 15.2 Å². The van der Waals surface area contributed by atoms with Crippen molar-refractivity contribution in [3.8, 4) is 0 Å². The summed E-state index contributed by atoms with van der Waals surface area (Å²) in [5.74, 6) is 6.00. The maximum atomic E-state index is 5.58. The highest BCUT2D eigenvalue weighted by Crippen LogP contribution is 2.30. The SMILES string of the molecule is CC1CC(C(NN)c2ccn(C)n2)CO1. The van der Waals surface area contributed by atoms with E-state index in [2.05, 4.69) is 17.4 Å². The van der Waals surface area contributed by atoms with Crippen LogP contribution in [0.4, 0.5) is 0 Å². The van der Waals surface area contributed by atoms with E-state index in [1.54, 1.807) is 4.68 Å². The van der Waals surface area contributed by atoms with E-state index in [0.717, 1.165) is 18.7 Å². The number of hydrazine groups is 1. The highest BCUT2D eigenvalue weighted by Gasteiger charge is 2.31. The summed E-state index contributed by atoms with van der Waals surface area (Å²) in [6.07, 6.45) is 3.29. The largest absolute Gasteiger partial charge is 0.378 e. The van der Waals surface area contributed by atoms with Gasteiger partial charge in [0.2, 0.25) is 0 Å². The molecule has 3 unspecified atom stereocenters. The molecule has 0 saturated carbocycles. The number of aryl methyl sites for hydroxylation is 1. The maximum absolute atomic E-state index is 5.58. The van der Waals surface area contributed by atoms with Crippen molar-refractivity contribution in [3.63, 3.8) is 0 Å². The van der Waals surface area contributed by atoms with E-state index in [4.69, 9.17) is 10.6 Å². The van der Waals surface area contributed by atoms with Crippen molar-refractivity contribution in [2.24, 2.45) is 18.8 Å². The Morgan fingerprint density at radius 3 is 3.00 bits per heavy atom. The fraction of sp³-hybridized carbons (Fsp3) is 0.700. The van der Waals surface area contributed by atoms with Gasteiger partial charge in [0, 0.05) is 19.2 Å². The first-order valence-corrected chi connectivity index (χ1v) is 5.28. The topological polar surface area (TPSA) is 65.1 Å². The number of aromatic nitrogens is 2. The Morgan fingerprint density at radius 2 is 2.53 bits per heavy atom. The molecule has 84 valence electrons. The van der Waals surface area contributed by atoms with E-state index in [1.165, 1.54) is 0 Å². The minimum atomic E-state index is 0.0937. The fourth-order valence-corrected chi connectivity index (χ4v) is 2.14. The Balaban J connectivity index is 2.10. The molecular weight excluding hydrogens is 192 g/mol. The van der Waals surface area contributed by atoms with Gasteiger partial charge in [0.15, 0.2) is 0 Å². The van der Waals surface area contributed by atoms with Crippen molar-refractivity contribution >= 4 is 0 Å². The Hall–Kier alpha value is -0.910. The van der Waals surface area contributed by atoms with Gasteiger partial charge >= 0.3 is 0 Å². The minimum absolute atomic E-state index is 0.0937. The number of nitrogens with zero attached hydrogens (tertiary/aromatic N) is 2. The van der Waals surface area contributed by atoms with Gasteiger partial charge in [0.05, 0.1) is 24.4 Å². The lowest BCUT2D eigenvalue weighted by atomic mass is 9.95. The number of hydrogen-bond acceptors (Lipinski definition) is 4. The lowest BCUT2D eigenvalue weighted by Crippen LogP contribution is -2.34. The van der Waals surface area contributed by atoms with Crippen molar-refractivity contribution < 1.29 is 4.74 Å². The van der Waals surface area contributed by atoms with Crippen LogP contribution in [-0.4, -0.2) is 22.5 Å². The van der Waals surface area contributed by atoms with Gasteiger partial charge < -0.3 is 4.74 Å². The van der Waals surface area contributed by atoms with E-state index >= 15 is 0 Å². The van der Waals surface area contributed by atoms with Crippen LogP contribution in [0.25, 0.3) is 0 Å². The predicted molar refractivity (Wildman–Crippen MR) is 56.8 cm³/mol. The van der Waals surface area contributed by atoms with Gasteiger partial charge in [-0.3, -0.25) is 16.0 Å². The monoisotopic (exact) mass is 210 g/mol. The van der Waals surface area contributed by atoms with Crippen LogP contribution in [0.3, 0.4) is 0 Å². The third-order valence-corrected chi connectivity index (χ3v) is 2.93. The van der Waals surface area contributed by atoms with Crippen molar-refractivity contribution in [2.75, 3.05) is 6.61 Å². The summed E-state index contributed by atoms with van der Waals surface area (Å²) < 4.78 is 7.34. The van der Waals surface area contributed by atoms with Crippen LogP contribution >= 0.6 is 0 Å². The molecular formula is C10H18N4O. The van der Waals surface area contributed by atoms with Crippen molar-refractivity contribution in [1.29, 1.82) is 0 Å². The summed E-state index contributed by atoms with van der Waals surface area (Å²) in [5.41, 5.74) is 3.83. The van der Waals surface area contributed by atoms with E-state index in [0.29, 0.717) is 12.0 Å². The quantitative estimate of drug-likeness (QED) is 0.558. The average Bonchev–Trinajstić information content (AvgIpc) is 2.78. The molecule has 5 heteroatoms. The lowest BCUT2D eigenvalue weighted by Gasteiger charge is -2.19. The number of rotatable bonds is 3. The van der Waals surface area contributed by atoms with E-state index in [1.807, 2.05) is 19.3 Å². The van der Waals surface area contributed by atoms with Crippen LogP contribution in [0.1, 0.15) is 25.1 Å². The molecule has 1 aliphatic heterocycles. The van der Waals surface area contributed by atoms with E-state index in [9.17, 15) is 0 Å². The molecule has 0 amide bonds. The molecule has 0 aromatic carbocycles. The summed E-state index contributed by atoms with van der Waals surface area (Å²) in [4.78, 5) is 0. The Bertz CT molecular complexity index is 325. The first-order chi connectivity index (χ1) is 7.20. The van der Waals surface area contributed by atoms with Gasteiger partial charge in [-0.15, -0.1) is 0 Å². The third-order valence-electron chi connectivity index (χ3n) is 2.93. The molecule has 1 aromatic rings. The zero-order valence-corrected chi connectivity index (χ0v) is 9.18. The first-order valence-electron chi connectivity index (χ1n) is 5.28. The second-order valence-corrected chi connectivity index (χ2v) is 4.20. The van der Waals surface area contributed by atoms with Crippen LogP contribution in [0, 0.1) is 5.92 Å². The van der Waals surface area contributed by atoms with Crippen LogP contribution in [0.15, 0.2) is 12.3 Å². The molecule has 2 heterocycles. The number of hydrogen-bond donors (Lipinski definition) is 2. The van der Waals surface area contributed by atoms with Crippen molar-refractivity contribution in [2.45, 2.75) is 25.5 Å². The zero-order chi connectivity index (χ0) is 10.8. The standard InChI is InChI=1S/C10H18N4O/c1-7-5-8(6-15-7)10(12-11)9-3-4-14(2)13-9/h3-4,7-8,10,12H,5-6,11H2,1-2H3. The summed E-state index contributed by atoms with van der Waals surface area (Å²) in [6.45, 7) is 2.85. The van der Waals surface area contributed by atoms with Crippen molar-refractivity contribution in [3.05, 3.63) is 18.0 Å². The summed E-state index contributed by atoms with van der Waals surface area (Å²) in [7, 11) is 1.91. The van der Waals surface area contributed by atoms with Gasteiger partial charge in [-0.1, -0.05) is 0 Å². The smallest absolute Gasteiger partial charge is 0.0811 e. The summed E-state index contributed by atoms with van der Waals surface area (Å²) >= 11 is 0. The molecule has 1 aliphatic rings. The fourth-order valence-electron chi connectivity index (χ4n) is 2.14. The Labute approximate surface area is 89.6 Å². The average molecular weight is 210 g/mol. The minimum Gasteiger partial charge on any atom is -0.378 e. The lowest BCUT2D eigenvalue weighted by molar-refractivity contribution is 0.116. The van der Waals surface area contributed by atoms with Gasteiger partial charge in [-0.2, -0.15) is 5.10 Å². The predicted octanol–water partition coefficient (Wildman–Crippen LogP) is 0.349. The second-order valence-electron chi connectivity index (χ2n) is 4.20. The van der Waals surface area contributed by atoms with Crippen LogP contribution < -0.4 is 11.3 Å². The molecule has 3 atom stereocenters. The molecule has 0 radical (unpaired) electrons. The molecule has 5 nitrogen and oxygen atoms in total. The molecule has 3 N–H and O–H groups in total. The Morgan fingerprint density at radius 1 is 1.73 bits per heavy atom. The van der Waals surface area contributed by atoms with E-state index < -0.39 is 0 Å². The number of nitrogens with one attached hydrogen (secondary N) is 1. The number of nitrogens with two attached hydrogens (primary N) is 1. The number of ether oxygens (including phenoxy) is 1. The molecule has 2 rings (SSSR count). The van der Waals surface area contributed by atoms with Gasteiger partial charge in [0.1, 0.15) is 0 Å². The molecule has 0 aliphatic carbocycles. The summed E-state index contributed by atoms with van der Waals surface area (Å²) in [6, 6.07) is 2.09. The maximum Gasteiger partial charge on any atom is 0.0811 e. The Kier molecular flexibility index (Phi) is 3.04. The molecule has 0 bridgehead atoms. The normalized spacial score (nSPS) is 28.2. The molecule has 1 saturated heterocycles.